The van der Waals surface area contributed by atoms with Crippen LogP contribution in [0.5, 0.6) is 0 Å². The molecule has 102 valence electrons. The van der Waals surface area contributed by atoms with Crippen molar-refractivity contribution in [3.05, 3.63) is 47.2 Å². The summed E-state index contributed by atoms with van der Waals surface area (Å²) in [6, 6.07) is 5.56. The number of rotatable bonds is 6. The zero-order chi connectivity index (χ0) is 14.3. The maximum Gasteiger partial charge on any atom is 0.338 e. The second-order valence-corrected chi connectivity index (χ2v) is 4.08. The van der Waals surface area contributed by atoms with E-state index in [0.717, 1.165) is 5.57 Å². The highest BCUT2D eigenvalue weighted by molar-refractivity contribution is 5.92. The van der Waals surface area contributed by atoms with Crippen molar-refractivity contribution < 1.29 is 24.2 Å². The van der Waals surface area contributed by atoms with Gasteiger partial charge in [-0.05, 0) is 43.7 Å². The summed E-state index contributed by atoms with van der Waals surface area (Å²) in [4.78, 5) is 22.2. The predicted molar refractivity (Wildman–Crippen MR) is 69.1 cm³/mol. The Balaban J connectivity index is 2.41. The van der Waals surface area contributed by atoms with Crippen LogP contribution in [-0.4, -0.2) is 30.3 Å². The van der Waals surface area contributed by atoms with Crippen LogP contribution in [0.3, 0.4) is 0 Å². The van der Waals surface area contributed by atoms with Gasteiger partial charge in [-0.2, -0.15) is 0 Å². The number of hydrogen-bond donors (Lipinski definition) is 1. The summed E-state index contributed by atoms with van der Waals surface area (Å²) in [5.41, 5.74) is 1.46. The number of allylic oxidation sites excluding steroid dienone is 1. The number of carbonyl (C=O) groups excluding carboxylic acids is 1. The van der Waals surface area contributed by atoms with Crippen LogP contribution < -0.4 is 0 Å². The summed E-state index contributed by atoms with van der Waals surface area (Å²) >= 11 is 0. The molecule has 1 aromatic carbocycles. The number of esters is 1. The van der Waals surface area contributed by atoms with Crippen molar-refractivity contribution in [3.8, 4) is 0 Å². The van der Waals surface area contributed by atoms with Gasteiger partial charge in [0.1, 0.15) is 13.2 Å². The largest absolute Gasteiger partial charge is 0.498 e. The van der Waals surface area contributed by atoms with Gasteiger partial charge < -0.3 is 14.6 Å². The minimum atomic E-state index is -1.03. The van der Waals surface area contributed by atoms with Crippen LogP contribution in [0, 0.1) is 0 Å². The van der Waals surface area contributed by atoms with Gasteiger partial charge in [0.25, 0.3) is 0 Å². The predicted octanol–water partition coefficient (Wildman–Crippen LogP) is 2.48. The molecule has 0 bridgehead atoms. The first-order chi connectivity index (χ1) is 9.00. The number of carboxylic acids is 1. The Kier molecular flexibility index (Phi) is 5.60. The molecule has 1 rings (SSSR count). The third-order valence-corrected chi connectivity index (χ3v) is 2.12. The van der Waals surface area contributed by atoms with Crippen molar-refractivity contribution in [2.24, 2.45) is 0 Å². The summed E-state index contributed by atoms with van der Waals surface area (Å²) in [5.74, 6) is -1.53. The van der Waals surface area contributed by atoms with Crippen LogP contribution in [0.15, 0.2) is 36.1 Å². The maximum atomic E-state index is 11.6. The number of benzene rings is 1. The van der Waals surface area contributed by atoms with E-state index in [1.807, 2.05) is 13.8 Å². The Hall–Kier alpha value is -2.30. The number of carbonyl (C=O) groups is 2. The molecular weight excluding hydrogens is 248 g/mol. The quantitative estimate of drug-likeness (QED) is 0.485. The Morgan fingerprint density at radius 3 is 2.21 bits per heavy atom. The summed E-state index contributed by atoms with van der Waals surface area (Å²) in [6.07, 6.45) is 1.59. The van der Waals surface area contributed by atoms with Crippen molar-refractivity contribution >= 4 is 11.9 Å². The van der Waals surface area contributed by atoms with E-state index in [2.05, 4.69) is 0 Å². The van der Waals surface area contributed by atoms with Crippen LogP contribution in [0.25, 0.3) is 0 Å². The molecule has 0 aliphatic heterocycles. The molecular formula is C14H16O5. The molecule has 0 saturated heterocycles. The van der Waals surface area contributed by atoms with Crippen LogP contribution in [0.1, 0.15) is 34.6 Å². The highest BCUT2D eigenvalue weighted by Gasteiger charge is 2.08. The molecule has 0 aromatic heterocycles. The van der Waals surface area contributed by atoms with E-state index in [-0.39, 0.29) is 18.8 Å². The monoisotopic (exact) mass is 264 g/mol. The lowest BCUT2D eigenvalue weighted by molar-refractivity contribution is 0.0419. The van der Waals surface area contributed by atoms with Gasteiger partial charge in [0.05, 0.1) is 17.4 Å². The molecule has 1 aromatic rings. The van der Waals surface area contributed by atoms with Crippen LogP contribution in [0.4, 0.5) is 0 Å². The number of aromatic carboxylic acids is 1. The molecule has 19 heavy (non-hydrogen) atoms. The van der Waals surface area contributed by atoms with Crippen LogP contribution in [-0.2, 0) is 9.47 Å². The highest BCUT2D eigenvalue weighted by atomic mass is 16.6. The van der Waals surface area contributed by atoms with Gasteiger partial charge in [-0.25, -0.2) is 9.59 Å². The Labute approximate surface area is 111 Å². The SMILES string of the molecule is CC(C)=COCCOC(=O)c1ccc(C(=O)O)cc1. The lowest BCUT2D eigenvalue weighted by atomic mass is 10.1. The minimum Gasteiger partial charge on any atom is -0.498 e. The Bertz CT molecular complexity index is 469. The zero-order valence-electron chi connectivity index (χ0n) is 10.9. The Morgan fingerprint density at radius 2 is 1.68 bits per heavy atom. The molecule has 0 saturated carbocycles. The zero-order valence-corrected chi connectivity index (χ0v) is 10.9. The van der Waals surface area contributed by atoms with Gasteiger partial charge in [0.2, 0.25) is 0 Å². The van der Waals surface area contributed by atoms with E-state index in [9.17, 15) is 9.59 Å². The summed E-state index contributed by atoms with van der Waals surface area (Å²) in [6.45, 7) is 4.22. The molecule has 5 nitrogen and oxygen atoms in total. The standard InChI is InChI=1S/C14H16O5/c1-10(2)9-18-7-8-19-14(17)12-5-3-11(4-6-12)13(15)16/h3-6,9H,7-8H2,1-2H3,(H,15,16). The highest BCUT2D eigenvalue weighted by Crippen LogP contribution is 2.06. The molecule has 1 N–H and O–H groups in total. The molecule has 0 atom stereocenters. The number of carboxylic acid groups (broad SMARTS) is 1. The van der Waals surface area contributed by atoms with Crippen molar-refractivity contribution in [2.75, 3.05) is 13.2 Å². The number of hydrogen-bond acceptors (Lipinski definition) is 4. The van der Waals surface area contributed by atoms with Crippen molar-refractivity contribution in [2.45, 2.75) is 13.8 Å². The van der Waals surface area contributed by atoms with E-state index >= 15 is 0 Å². The molecule has 0 spiro atoms. The summed E-state index contributed by atoms with van der Waals surface area (Å²) in [7, 11) is 0. The second kappa shape index (κ2) is 7.20. The topological polar surface area (TPSA) is 72.8 Å². The molecule has 5 heteroatoms. The summed E-state index contributed by atoms with van der Waals surface area (Å²) in [5, 5.41) is 8.72. The lowest BCUT2D eigenvalue weighted by Crippen LogP contribution is -2.10. The van der Waals surface area contributed by atoms with Gasteiger partial charge in [-0.3, -0.25) is 0 Å². The molecule has 0 unspecified atom stereocenters. The number of ether oxygens (including phenoxy) is 2. The average molecular weight is 264 g/mol. The van der Waals surface area contributed by atoms with E-state index in [4.69, 9.17) is 14.6 Å². The van der Waals surface area contributed by atoms with E-state index in [0.29, 0.717) is 5.56 Å². The second-order valence-electron chi connectivity index (χ2n) is 4.08. The van der Waals surface area contributed by atoms with Gasteiger partial charge in [-0.1, -0.05) is 0 Å². The Morgan fingerprint density at radius 1 is 1.11 bits per heavy atom. The lowest BCUT2D eigenvalue weighted by Gasteiger charge is -2.05. The van der Waals surface area contributed by atoms with E-state index in [1.54, 1.807) is 6.26 Å². The minimum absolute atomic E-state index is 0.128. The molecule has 0 fully saturated rings. The van der Waals surface area contributed by atoms with E-state index in [1.165, 1.54) is 24.3 Å². The van der Waals surface area contributed by atoms with Gasteiger partial charge >= 0.3 is 11.9 Å². The van der Waals surface area contributed by atoms with Crippen molar-refractivity contribution in [1.29, 1.82) is 0 Å². The summed E-state index contributed by atoms with van der Waals surface area (Å²) < 4.78 is 10.1. The average Bonchev–Trinajstić information content (AvgIpc) is 2.37. The first kappa shape index (κ1) is 14.8. The van der Waals surface area contributed by atoms with Crippen molar-refractivity contribution in [1.82, 2.24) is 0 Å². The molecule has 0 aliphatic rings. The first-order valence-electron chi connectivity index (χ1n) is 5.76. The van der Waals surface area contributed by atoms with Crippen LogP contribution in [0.2, 0.25) is 0 Å². The van der Waals surface area contributed by atoms with Crippen molar-refractivity contribution in [3.63, 3.8) is 0 Å². The molecule has 0 heterocycles. The fourth-order valence-corrected chi connectivity index (χ4v) is 1.24. The molecule has 0 aliphatic carbocycles. The fourth-order valence-electron chi connectivity index (χ4n) is 1.24. The maximum absolute atomic E-state index is 11.6. The molecule has 0 radical (unpaired) electrons. The smallest absolute Gasteiger partial charge is 0.338 e. The van der Waals surface area contributed by atoms with Gasteiger partial charge in [0.15, 0.2) is 0 Å². The van der Waals surface area contributed by atoms with Gasteiger partial charge in [-0.15, -0.1) is 0 Å². The van der Waals surface area contributed by atoms with Gasteiger partial charge in [0, 0.05) is 0 Å². The molecule has 0 amide bonds. The van der Waals surface area contributed by atoms with Crippen LogP contribution >= 0.6 is 0 Å². The first-order valence-corrected chi connectivity index (χ1v) is 5.76. The third-order valence-electron chi connectivity index (χ3n) is 2.12. The fraction of sp³-hybridized carbons (Fsp3) is 0.286. The third kappa shape index (κ3) is 5.25. The normalized spacial score (nSPS) is 9.58. The van der Waals surface area contributed by atoms with E-state index < -0.39 is 11.9 Å².